The van der Waals surface area contributed by atoms with Crippen molar-refractivity contribution in [3.05, 3.63) is 29.3 Å². The molecule has 0 bridgehead atoms. The minimum Gasteiger partial charge on any atom is -0.466 e. The van der Waals surface area contributed by atoms with Crippen molar-refractivity contribution >= 4 is 17.6 Å². The van der Waals surface area contributed by atoms with Crippen LogP contribution in [0.3, 0.4) is 0 Å². The van der Waals surface area contributed by atoms with Crippen molar-refractivity contribution in [3.63, 3.8) is 0 Å². The number of halogens is 6. The van der Waals surface area contributed by atoms with E-state index in [1.54, 1.807) is 0 Å². The van der Waals surface area contributed by atoms with Crippen molar-refractivity contribution in [1.29, 1.82) is 0 Å². The number of methoxy groups -OCH3 is 1. The first kappa shape index (κ1) is 22.0. The van der Waals surface area contributed by atoms with Gasteiger partial charge < -0.3 is 19.8 Å². The Balaban J connectivity index is 2.85. The van der Waals surface area contributed by atoms with Gasteiger partial charge in [0.15, 0.2) is 0 Å². The summed E-state index contributed by atoms with van der Waals surface area (Å²) >= 11 is 0. The Bertz CT molecular complexity index is 821. The van der Waals surface area contributed by atoms with Crippen LogP contribution in [0.15, 0.2) is 18.2 Å². The molecular weight excluding hydrogens is 400 g/mol. The number of carbonyl (C=O) groups excluding carboxylic acids is 2. The van der Waals surface area contributed by atoms with E-state index in [0.717, 1.165) is 0 Å². The van der Waals surface area contributed by atoms with Gasteiger partial charge in [-0.15, -0.1) is 0 Å². The average Bonchev–Trinajstić information content (AvgIpc) is 2.80. The van der Waals surface area contributed by atoms with E-state index in [2.05, 4.69) is 4.74 Å². The summed E-state index contributed by atoms with van der Waals surface area (Å²) in [5.41, 5.74) is -11.5. The predicted octanol–water partition coefficient (Wildman–Crippen LogP) is 2.11. The summed E-state index contributed by atoms with van der Waals surface area (Å²) in [6, 6.07) is 0.476. The second kappa shape index (κ2) is 6.34. The maximum Gasteiger partial charge on any atom is 0.432 e. The first-order chi connectivity index (χ1) is 12.5. The SMILES string of the molecule is COC(=O)[C@](O)(c1ccc2c(c1)[C@](O)(C(F)(F)F)C(=O)N2C(C)C)C(F)(F)F. The number of rotatable bonds is 3. The number of fused-ring (bicyclic) bond motifs is 1. The van der Waals surface area contributed by atoms with Crippen molar-refractivity contribution in [1.82, 2.24) is 0 Å². The first-order valence-corrected chi connectivity index (χ1v) is 7.70. The Morgan fingerprint density at radius 1 is 1.18 bits per heavy atom. The van der Waals surface area contributed by atoms with E-state index in [-0.39, 0.29) is 6.07 Å². The third-order valence-electron chi connectivity index (χ3n) is 4.41. The van der Waals surface area contributed by atoms with E-state index in [4.69, 9.17) is 0 Å². The molecule has 1 aliphatic rings. The number of esters is 1. The quantitative estimate of drug-likeness (QED) is 0.584. The number of carbonyl (C=O) groups is 2. The standard InChI is InChI=1S/C16H15F6NO5/c1-7(2)23-10-5-4-8(13(26,12(25)28-3)15(17,18)19)6-9(10)14(27,11(23)24)16(20,21)22/h4-7,26-27H,1-3H3/t13-,14-/m1/s1. The second-order valence-corrected chi connectivity index (χ2v) is 6.41. The van der Waals surface area contributed by atoms with Gasteiger partial charge in [-0.1, -0.05) is 6.07 Å². The number of ether oxygens (including phenoxy) is 1. The minimum atomic E-state index is -5.66. The average molecular weight is 415 g/mol. The smallest absolute Gasteiger partial charge is 0.432 e. The van der Waals surface area contributed by atoms with Crippen LogP contribution in [0.25, 0.3) is 0 Å². The van der Waals surface area contributed by atoms with Crippen molar-refractivity contribution in [2.75, 3.05) is 12.0 Å². The molecule has 1 aliphatic heterocycles. The molecule has 0 unspecified atom stereocenters. The molecule has 28 heavy (non-hydrogen) atoms. The van der Waals surface area contributed by atoms with Gasteiger partial charge >= 0.3 is 18.3 Å². The number of hydrogen-bond donors (Lipinski definition) is 2. The highest BCUT2D eigenvalue weighted by atomic mass is 19.4. The van der Waals surface area contributed by atoms with Crippen LogP contribution in [-0.2, 0) is 25.5 Å². The van der Waals surface area contributed by atoms with Crippen LogP contribution in [-0.4, -0.2) is 47.6 Å². The van der Waals surface area contributed by atoms with E-state index in [1.165, 1.54) is 13.8 Å². The lowest BCUT2D eigenvalue weighted by atomic mass is 9.87. The second-order valence-electron chi connectivity index (χ2n) is 6.41. The fourth-order valence-corrected chi connectivity index (χ4v) is 2.99. The van der Waals surface area contributed by atoms with Gasteiger partial charge in [-0.25, -0.2) is 4.79 Å². The minimum absolute atomic E-state index is 0.132. The van der Waals surface area contributed by atoms with E-state index in [9.17, 15) is 46.1 Å². The van der Waals surface area contributed by atoms with Gasteiger partial charge in [0.2, 0.25) is 0 Å². The van der Waals surface area contributed by atoms with Crippen LogP contribution in [0.2, 0.25) is 0 Å². The van der Waals surface area contributed by atoms with Crippen LogP contribution in [0, 0.1) is 0 Å². The topological polar surface area (TPSA) is 87.1 Å². The molecule has 0 aliphatic carbocycles. The van der Waals surface area contributed by atoms with Crippen LogP contribution >= 0.6 is 0 Å². The van der Waals surface area contributed by atoms with Gasteiger partial charge in [0, 0.05) is 17.2 Å². The molecule has 0 saturated carbocycles. The highest BCUT2D eigenvalue weighted by Crippen LogP contribution is 2.52. The molecule has 156 valence electrons. The molecule has 0 saturated heterocycles. The van der Waals surface area contributed by atoms with Crippen molar-refractivity contribution in [2.24, 2.45) is 0 Å². The third kappa shape index (κ3) is 2.73. The normalized spacial score (nSPS) is 22.3. The number of benzene rings is 1. The van der Waals surface area contributed by atoms with Crippen LogP contribution in [0.5, 0.6) is 0 Å². The summed E-state index contributed by atoms with van der Waals surface area (Å²) in [5, 5.41) is 20.1. The van der Waals surface area contributed by atoms with Gasteiger partial charge in [0.05, 0.1) is 12.8 Å². The van der Waals surface area contributed by atoms with E-state index < -0.39 is 58.3 Å². The first-order valence-electron chi connectivity index (χ1n) is 7.70. The molecule has 12 heteroatoms. The predicted molar refractivity (Wildman–Crippen MR) is 81.0 cm³/mol. The van der Waals surface area contributed by atoms with Gasteiger partial charge in [-0.2, -0.15) is 26.3 Å². The fraction of sp³-hybridized carbons (Fsp3) is 0.500. The number of anilines is 1. The van der Waals surface area contributed by atoms with Crippen molar-refractivity contribution < 1.29 is 50.9 Å². The van der Waals surface area contributed by atoms with Crippen molar-refractivity contribution in [3.8, 4) is 0 Å². The summed E-state index contributed by atoms with van der Waals surface area (Å²) in [6.45, 7) is 2.66. The zero-order valence-electron chi connectivity index (χ0n) is 14.6. The molecule has 6 nitrogen and oxygen atoms in total. The van der Waals surface area contributed by atoms with Gasteiger partial charge in [-0.3, -0.25) is 4.79 Å². The number of nitrogens with zero attached hydrogens (tertiary/aromatic N) is 1. The molecule has 1 amide bonds. The molecule has 0 fully saturated rings. The molecule has 1 aromatic rings. The molecule has 1 aromatic carbocycles. The number of alkyl halides is 6. The van der Waals surface area contributed by atoms with E-state index in [0.29, 0.717) is 24.1 Å². The molecule has 0 spiro atoms. The summed E-state index contributed by atoms with van der Waals surface area (Å²) in [4.78, 5) is 24.5. The van der Waals surface area contributed by atoms with Gasteiger partial charge in [0.1, 0.15) is 0 Å². The summed E-state index contributed by atoms with van der Waals surface area (Å²) < 4.78 is 84.6. The highest BCUT2D eigenvalue weighted by Gasteiger charge is 2.68. The van der Waals surface area contributed by atoms with Crippen LogP contribution in [0.4, 0.5) is 32.0 Å². The lowest BCUT2D eigenvalue weighted by molar-refractivity contribution is -0.267. The number of amides is 1. The molecule has 0 radical (unpaired) electrons. The van der Waals surface area contributed by atoms with Crippen molar-refractivity contribution in [2.45, 2.75) is 43.4 Å². The summed E-state index contributed by atoms with van der Waals surface area (Å²) in [5.74, 6) is -4.00. The zero-order valence-corrected chi connectivity index (χ0v) is 14.6. The van der Waals surface area contributed by atoms with E-state index in [1.807, 2.05) is 0 Å². The molecule has 2 atom stereocenters. The Morgan fingerprint density at radius 3 is 2.11 bits per heavy atom. The molecular formula is C16H15F6NO5. The Hall–Kier alpha value is -2.34. The fourth-order valence-electron chi connectivity index (χ4n) is 2.99. The maximum atomic E-state index is 13.5. The molecule has 0 aromatic heterocycles. The molecule has 2 rings (SSSR count). The number of aliphatic hydroxyl groups is 2. The Kier molecular flexibility index (Phi) is 4.97. The highest BCUT2D eigenvalue weighted by molar-refractivity contribution is 6.08. The monoisotopic (exact) mass is 415 g/mol. The molecule has 1 heterocycles. The maximum absolute atomic E-state index is 13.5. The number of hydrogen-bond acceptors (Lipinski definition) is 5. The zero-order chi connectivity index (χ0) is 21.9. The lowest BCUT2D eigenvalue weighted by Crippen LogP contribution is -2.52. The van der Waals surface area contributed by atoms with Crippen LogP contribution in [0.1, 0.15) is 25.0 Å². The molecule has 2 N–H and O–H groups in total. The van der Waals surface area contributed by atoms with E-state index >= 15 is 0 Å². The van der Waals surface area contributed by atoms with Gasteiger partial charge in [-0.05, 0) is 26.0 Å². The third-order valence-corrected chi connectivity index (χ3v) is 4.41. The summed E-state index contributed by atoms with van der Waals surface area (Å²) in [6.07, 6.45) is -11.2. The van der Waals surface area contributed by atoms with Gasteiger partial charge in [0.25, 0.3) is 17.1 Å². The largest absolute Gasteiger partial charge is 0.466 e. The Morgan fingerprint density at radius 2 is 1.71 bits per heavy atom. The summed E-state index contributed by atoms with van der Waals surface area (Å²) in [7, 11) is 0.544. The van der Waals surface area contributed by atoms with Crippen LogP contribution < -0.4 is 4.90 Å². The Labute approximate surface area is 154 Å². The lowest BCUT2D eigenvalue weighted by Gasteiger charge is -2.29.